The molecule has 0 aliphatic rings. The van der Waals surface area contributed by atoms with Crippen LogP contribution in [-0.4, -0.2) is 35.8 Å². The van der Waals surface area contributed by atoms with Gasteiger partial charge in [-0.2, -0.15) is 4.52 Å². The lowest BCUT2D eigenvalue weighted by Gasteiger charge is -2.14. The zero-order valence-electron chi connectivity index (χ0n) is 18.7. The Bertz CT molecular complexity index is 1220. The Morgan fingerprint density at radius 1 is 1.33 bits per heavy atom. The van der Waals surface area contributed by atoms with Gasteiger partial charge in [0.05, 0.1) is 18.2 Å². The number of fused-ring (bicyclic) bond motifs is 1. The Balaban J connectivity index is 2.29. The van der Waals surface area contributed by atoms with Gasteiger partial charge in [0.2, 0.25) is 0 Å². The van der Waals surface area contributed by atoms with Crippen LogP contribution in [0.5, 0.6) is 5.75 Å². The maximum absolute atomic E-state index is 13.2. The molecular weight excluding hydrogens is 378 g/mol. The van der Waals surface area contributed by atoms with E-state index in [1.54, 1.807) is 7.11 Å². The first kappa shape index (κ1) is 21.6. The fraction of sp³-hybridized carbons (Fsp3) is 0.435. The van der Waals surface area contributed by atoms with Crippen LogP contribution in [0, 0.1) is 0 Å². The number of nitrogens with one attached hydrogen (secondary N) is 1. The molecule has 160 valence electrons. The summed E-state index contributed by atoms with van der Waals surface area (Å²) < 4.78 is 7.02. The summed E-state index contributed by atoms with van der Waals surface area (Å²) in [5.74, 6) is 0.783. The van der Waals surface area contributed by atoms with Crippen LogP contribution in [0.15, 0.2) is 28.0 Å². The summed E-state index contributed by atoms with van der Waals surface area (Å²) >= 11 is 0. The first-order valence-electron chi connectivity index (χ1n) is 10.3. The zero-order chi connectivity index (χ0) is 22.0. The van der Waals surface area contributed by atoms with Crippen molar-refractivity contribution >= 4 is 23.6 Å². The summed E-state index contributed by atoms with van der Waals surface area (Å²) in [5.41, 5.74) is 3.69. The molecule has 2 aromatic heterocycles. The number of aromatic nitrogens is 3. The second-order valence-corrected chi connectivity index (χ2v) is 8.00. The van der Waals surface area contributed by atoms with Crippen LogP contribution in [0.1, 0.15) is 50.8 Å². The number of aromatic amines is 1. The van der Waals surface area contributed by atoms with E-state index in [-0.39, 0.29) is 11.5 Å². The van der Waals surface area contributed by atoms with Gasteiger partial charge in [-0.05, 0) is 30.9 Å². The van der Waals surface area contributed by atoms with E-state index in [9.17, 15) is 4.79 Å². The minimum absolute atomic E-state index is 0.0709. The average molecular weight is 410 g/mol. The van der Waals surface area contributed by atoms with Crippen molar-refractivity contribution < 1.29 is 4.74 Å². The maximum Gasteiger partial charge on any atom is 0.276 e. The van der Waals surface area contributed by atoms with Crippen LogP contribution >= 0.6 is 0 Å². The highest BCUT2D eigenvalue weighted by Gasteiger charge is 2.17. The van der Waals surface area contributed by atoms with Crippen LogP contribution in [0.3, 0.4) is 0 Å². The molecule has 0 atom stereocenters. The molecule has 1 aromatic carbocycles. The molecule has 0 fully saturated rings. The van der Waals surface area contributed by atoms with Gasteiger partial charge in [0.25, 0.3) is 5.56 Å². The largest absolute Gasteiger partial charge is 0.494 e. The highest BCUT2D eigenvalue weighted by molar-refractivity contribution is 5.62. The van der Waals surface area contributed by atoms with Crippen LogP contribution in [0.25, 0.3) is 12.2 Å². The molecule has 7 heteroatoms. The Hall–Kier alpha value is -3.09. The van der Waals surface area contributed by atoms with Crippen LogP contribution in [0.4, 0.5) is 11.4 Å². The molecule has 30 heavy (non-hydrogen) atoms. The lowest BCUT2D eigenvalue weighted by atomic mass is 10.0. The second-order valence-electron chi connectivity index (χ2n) is 8.00. The lowest BCUT2D eigenvalue weighted by Crippen LogP contribution is -2.25. The van der Waals surface area contributed by atoms with E-state index < -0.39 is 0 Å². The fourth-order valence-corrected chi connectivity index (χ4v) is 3.50. The van der Waals surface area contributed by atoms with E-state index in [0.29, 0.717) is 27.8 Å². The molecule has 0 aliphatic heterocycles. The Kier molecular flexibility index (Phi) is 6.29. The molecule has 0 amide bonds. The second kappa shape index (κ2) is 8.73. The number of anilines is 1. The number of ether oxygens (including phenoxy) is 1. The van der Waals surface area contributed by atoms with Crippen molar-refractivity contribution in [1.82, 2.24) is 14.6 Å². The number of rotatable bonds is 7. The van der Waals surface area contributed by atoms with Gasteiger partial charge in [-0.25, -0.2) is 9.98 Å². The SMILES string of the molecule is C=c1[nH]n2c(=O)c(CCCC)c(C(C)C)nc2c1=Nc1ccc(N(C)C)cc1OC. The Labute approximate surface area is 176 Å². The number of hydrogen-bond acceptors (Lipinski definition) is 5. The average Bonchev–Trinajstić information content (AvgIpc) is 3.03. The summed E-state index contributed by atoms with van der Waals surface area (Å²) in [6.07, 6.45) is 2.69. The molecule has 0 unspecified atom stereocenters. The van der Waals surface area contributed by atoms with Crippen molar-refractivity contribution in [2.24, 2.45) is 4.99 Å². The number of unbranched alkanes of at least 4 members (excludes halogenated alkanes) is 1. The summed E-state index contributed by atoms with van der Waals surface area (Å²) in [5, 5.41) is 4.14. The van der Waals surface area contributed by atoms with Gasteiger partial charge in [-0.15, -0.1) is 0 Å². The number of hydrogen-bond donors (Lipinski definition) is 1. The number of H-pyrrole nitrogens is 1. The predicted molar refractivity (Wildman–Crippen MR) is 122 cm³/mol. The van der Waals surface area contributed by atoms with Crippen molar-refractivity contribution in [3.05, 3.63) is 50.5 Å². The monoisotopic (exact) mass is 409 g/mol. The van der Waals surface area contributed by atoms with E-state index >= 15 is 0 Å². The third kappa shape index (κ3) is 3.97. The van der Waals surface area contributed by atoms with Crippen molar-refractivity contribution in [2.75, 3.05) is 26.1 Å². The van der Waals surface area contributed by atoms with Crippen molar-refractivity contribution in [3.8, 4) is 5.75 Å². The van der Waals surface area contributed by atoms with Gasteiger partial charge in [0, 0.05) is 31.4 Å². The van der Waals surface area contributed by atoms with E-state index in [4.69, 9.17) is 14.7 Å². The quantitative estimate of drug-likeness (QED) is 0.651. The molecule has 0 radical (unpaired) electrons. The zero-order valence-corrected chi connectivity index (χ0v) is 18.7. The van der Waals surface area contributed by atoms with Gasteiger partial charge in [-0.1, -0.05) is 33.8 Å². The summed E-state index contributed by atoms with van der Waals surface area (Å²) in [4.78, 5) is 24.8. The molecule has 3 rings (SSSR count). The smallest absolute Gasteiger partial charge is 0.276 e. The molecule has 2 heterocycles. The normalized spacial score (nSPS) is 12.2. The lowest BCUT2D eigenvalue weighted by molar-refractivity contribution is 0.416. The van der Waals surface area contributed by atoms with Crippen molar-refractivity contribution in [3.63, 3.8) is 0 Å². The highest BCUT2D eigenvalue weighted by atomic mass is 16.5. The van der Waals surface area contributed by atoms with Crippen LogP contribution in [0.2, 0.25) is 0 Å². The molecule has 0 aliphatic carbocycles. The summed E-state index contributed by atoms with van der Waals surface area (Å²) in [7, 11) is 5.56. The topological polar surface area (TPSA) is 75.0 Å². The van der Waals surface area contributed by atoms with E-state index in [1.807, 2.05) is 37.2 Å². The highest BCUT2D eigenvalue weighted by Crippen LogP contribution is 2.31. The number of nitrogens with zero attached hydrogens (tertiary/aromatic N) is 4. The van der Waals surface area contributed by atoms with Crippen molar-refractivity contribution in [2.45, 2.75) is 46.0 Å². The summed E-state index contributed by atoms with van der Waals surface area (Å²) in [6, 6.07) is 5.80. The Morgan fingerprint density at radius 3 is 2.67 bits per heavy atom. The molecule has 0 bridgehead atoms. The minimum Gasteiger partial charge on any atom is -0.494 e. The first-order chi connectivity index (χ1) is 14.3. The van der Waals surface area contributed by atoms with Crippen molar-refractivity contribution in [1.29, 1.82) is 0 Å². The Morgan fingerprint density at radius 2 is 2.07 bits per heavy atom. The third-order valence-corrected chi connectivity index (χ3v) is 5.19. The molecule has 3 aromatic rings. The third-order valence-electron chi connectivity index (χ3n) is 5.19. The molecule has 0 saturated carbocycles. The van der Waals surface area contributed by atoms with E-state index in [2.05, 4.69) is 32.4 Å². The molecular formula is C23H31N5O2. The number of benzene rings is 1. The molecule has 7 nitrogen and oxygen atoms in total. The molecule has 0 saturated heterocycles. The molecule has 1 N–H and O–H groups in total. The van der Waals surface area contributed by atoms with E-state index in [1.165, 1.54) is 4.52 Å². The van der Waals surface area contributed by atoms with Gasteiger partial charge >= 0.3 is 0 Å². The van der Waals surface area contributed by atoms with E-state index in [0.717, 1.165) is 36.2 Å². The van der Waals surface area contributed by atoms with Crippen LogP contribution < -0.4 is 25.9 Å². The standard InChI is InChI=1S/C23H31N5O2/c1-8-9-10-17-20(14(2)3)25-22-21(15(4)26-28(22)23(17)29)24-18-12-11-16(27(5)6)13-19(18)30-7/h11-14,26H,4,8-10H2,1-3,5-7H3. The molecule has 0 spiro atoms. The van der Waals surface area contributed by atoms with Gasteiger partial charge in [-0.3, -0.25) is 9.89 Å². The predicted octanol–water partition coefficient (Wildman–Crippen LogP) is 2.92. The maximum atomic E-state index is 13.2. The first-order valence-corrected chi connectivity index (χ1v) is 10.3. The van der Waals surface area contributed by atoms with Crippen LogP contribution in [-0.2, 0) is 6.42 Å². The summed E-state index contributed by atoms with van der Waals surface area (Å²) in [6.45, 7) is 10.3. The van der Waals surface area contributed by atoms with Gasteiger partial charge < -0.3 is 9.64 Å². The van der Waals surface area contributed by atoms with Gasteiger partial charge in [0.1, 0.15) is 16.8 Å². The number of methoxy groups -OCH3 is 1. The minimum atomic E-state index is -0.0709. The fourth-order valence-electron chi connectivity index (χ4n) is 3.50. The van der Waals surface area contributed by atoms with Gasteiger partial charge in [0.15, 0.2) is 5.65 Å².